The number of para-hydroxylation sites is 2. The first-order chi connectivity index (χ1) is 12.2. The van der Waals surface area contributed by atoms with Crippen LogP contribution in [0.25, 0.3) is 21.1 Å². The van der Waals surface area contributed by atoms with Gasteiger partial charge in [-0.2, -0.15) is 0 Å². The molecule has 0 spiro atoms. The number of rotatable bonds is 4. The number of fused-ring (bicyclic) bond motifs is 2. The molecule has 2 heterocycles. The average molecular weight is 366 g/mol. The second-order valence-electron chi connectivity index (χ2n) is 5.43. The number of anilines is 1. The average Bonchev–Trinajstić information content (AvgIpc) is 3.02. The third kappa shape index (κ3) is 3.47. The summed E-state index contributed by atoms with van der Waals surface area (Å²) in [6.45, 7) is 1.95. The summed E-state index contributed by atoms with van der Waals surface area (Å²) in [5.41, 5.74) is 2.70. The standard InChI is InChI=1S/C18H14N4OS2/c1-11-12-6-2-3-7-13(12)20-17(19-11)24-10-16(23)22-18-21-14-8-4-5-9-15(14)25-18/h2-9H,10H2,1H3,(H,21,22,23). The zero-order chi connectivity index (χ0) is 17.2. The number of aryl methyl sites for hydroxylation is 1. The van der Waals surface area contributed by atoms with Crippen molar-refractivity contribution in [2.24, 2.45) is 0 Å². The van der Waals surface area contributed by atoms with E-state index < -0.39 is 0 Å². The van der Waals surface area contributed by atoms with Gasteiger partial charge in [-0.25, -0.2) is 15.0 Å². The van der Waals surface area contributed by atoms with Crippen LogP contribution < -0.4 is 5.32 Å². The minimum atomic E-state index is -0.113. The lowest BCUT2D eigenvalue weighted by molar-refractivity contribution is -0.113. The third-order valence-corrected chi connectivity index (χ3v) is 5.45. The van der Waals surface area contributed by atoms with Gasteiger partial charge in [0, 0.05) is 11.1 Å². The van der Waals surface area contributed by atoms with Crippen LogP contribution in [0, 0.1) is 6.92 Å². The Labute approximate surface area is 152 Å². The molecule has 2 aromatic heterocycles. The fourth-order valence-corrected chi connectivity index (χ4v) is 4.06. The molecule has 124 valence electrons. The largest absolute Gasteiger partial charge is 0.301 e. The van der Waals surface area contributed by atoms with Gasteiger partial charge in [-0.05, 0) is 25.1 Å². The highest BCUT2D eigenvalue weighted by Crippen LogP contribution is 2.26. The van der Waals surface area contributed by atoms with Crippen molar-refractivity contribution in [1.29, 1.82) is 0 Å². The number of nitrogens with zero attached hydrogens (tertiary/aromatic N) is 3. The third-order valence-electron chi connectivity index (χ3n) is 3.65. The van der Waals surface area contributed by atoms with Crippen LogP contribution in [0.15, 0.2) is 53.7 Å². The first-order valence-corrected chi connectivity index (χ1v) is 9.51. The molecule has 7 heteroatoms. The molecule has 4 rings (SSSR count). The van der Waals surface area contributed by atoms with Crippen LogP contribution in [0.4, 0.5) is 5.13 Å². The lowest BCUT2D eigenvalue weighted by Crippen LogP contribution is -2.14. The maximum Gasteiger partial charge on any atom is 0.236 e. The molecule has 0 radical (unpaired) electrons. The van der Waals surface area contributed by atoms with Gasteiger partial charge >= 0.3 is 0 Å². The fraction of sp³-hybridized carbons (Fsp3) is 0.111. The monoisotopic (exact) mass is 366 g/mol. The maximum atomic E-state index is 12.2. The van der Waals surface area contributed by atoms with Crippen LogP contribution in [-0.2, 0) is 4.79 Å². The summed E-state index contributed by atoms with van der Waals surface area (Å²) in [5, 5.41) is 5.10. The summed E-state index contributed by atoms with van der Waals surface area (Å²) in [6, 6.07) is 15.7. The molecule has 0 fully saturated rings. The minimum Gasteiger partial charge on any atom is -0.301 e. The maximum absolute atomic E-state index is 12.2. The van der Waals surface area contributed by atoms with Crippen LogP contribution in [0.5, 0.6) is 0 Å². The van der Waals surface area contributed by atoms with Crippen molar-refractivity contribution in [2.75, 3.05) is 11.1 Å². The zero-order valence-electron chi connectivity index (χ0n) is 13.4. The van der Waals surface area contributed by atoms with Crippen molar-refractivity contribution >= 4 is 55.3 Å². The minimum absolute atomic E-state index is 0.113. The van der Waals surface area contributed by atoms with E-state index in [1.807, 2.05) is 55.5 Å². The van der Waals surface area contributed by atoms with E-state index in [9.17, 15) is 4.79 Å². The van der Waals surface area contributed by atoms with E-state index >= 15 is 0 Å². The van der Waals surface area contributed by atoms with Crippen molar-refractivity contribution in [2.45, 2.75) is 12.1 Å². The van der Waals surface area contributed by atoms with Crippen LogP contribution in [-0.4, -0.2) is 26.6 Å². The predicted molar refractivity (Wildman–Crippen MR) is 103 cm³/mol. The molecule has 0 bridgehead atoms. The van der Waals surface area contributed by atoms with Crippen LogP contribution in [0.2, 0.25) is 0 Å². The van der Waals surface area contributed by atoms with E-state index in [0.717, 1.165) is 26.8 Å². The van der Waals surface area contributed by atoms with Crippen molar-refractivity contribution < 1.29 is 4.79 Å². The Bertz CT molecular complexity index is 1040. The first-order valence-electron chi connectivity index (χ1n) is 7.71. The number of benzene rings is 2. The lowest BCUT2D eigenvalue weighted by atomic mass is 10.2. The number of thioether (sulfide) groups is 1. The van der Waals surface area contributed by atoms with Gasteiger partial charge in [0.15, 0.2) is 10.3 Å². The van der Waals surface area contributed by atoms with Gasteiger partial charge in [-0.1, -0.05) is 53.4 Å². The number of hydrogen-bond donors (Lipinski definition) is 1. The van der Waals surface area contributed by atoms with Gasteiger partial charge in [-0.3, -0.25) is 4.79 Å². The molecule has 0 atom stereocenters. The number of carbonyl (C=O) groups excluding carboxylic acids is 1. The molecule has 0 aliphatic rings. The molecule has 1 amide bonds. The number of aromatic nitrogens is 3. The molecule has 25 heavy (non-hydrogen) atoms. The van der Waals surface area contributed by atoms with Crippen molar-refractivity contribution in [1.82, 2.24) is 15.0 Å². The van der Waals surface area contributed by atoms with Gasteiger partial charge in [0.25, 0.3) is 0 Å². The van der Waals surface area contributed by atoms with Crippen molar-refractivity contribution in [3.63, 3.8) is 0 Å². The van der Waals surface area contributed by atoms with E-state index in [4.69, 9.17) is 0 Å². The lowest BCUT2D eigenvalue weighted by Gasteiger charge is -2.05. The molecule has 0 unspecified atom stereocenters. The van der Waals surface area contributed by atoms with E-state index in [1.54, 1.807) is 0 Å². The molecule has 2 aromatic carbocycles. The summed E-state index contributed by atoms with van der Waals surface area (Å²) >= 11 is 2.79. The topological polar surface area (TPSA) is 67.8 Å². The molecule has 0 saturated heterocycles. The molecule has 0 saturated carbocycles. The molecule has 4 aromatic rings. The Hall–Kier alpha value is -2.51. The summed E-state index contributed by atoms with van der Waals surface area (Å²) in [5.74, 6) is 0.131. The van der Waals surface area contributed by atoms with E-state index in [-0.39, 0.29) is 11.7 Å². The fourth-order valence-electron chi connectivity index (χ4n) is 2.48. The Morgan fingerprint density at radius 1 is 1.04 bits per heavy atom. The van der Waals surface area contributed by atoms with Gasteiger partial charge in [0.1, 0.15) is 0 Å². The number of thiazole rings is 1. The van der Waals surface area contributed by atoms with E-state index in [1.165, 1.54) is 23.1 Å². The SMILES string of the molecule is Cc1nc(SCC(=O)Nc2nc3ccccc3s2)nc2ccccc12. The predicted octanol–water partition coefficient (Wildman–Crippen LogP) is 4.28. The molecule has 1 N–H and O–H groups in total. The van der Waals surface area contributed by atoms with Crippen LogP contribution in [0.1, 0.15) is 5.69 Å². The van der Waals surface area contributed by atoms with Crippen molar-refractivity contribution in [3.05, 3.63) is 54.2 Å². The Morgan fingerprint density at radius 3 is 2.64 bits per heavy atom. The van der Waals surface area contributed by atoms with Gasteiger partial charge in [0.05, 0.1) is 21.5 Å². The van der Waals surface area contributed by atoms with Gasteiger partial charge in [-0.15, -0.1) is 0 Å². The Balaban J connectivity index is 1.44. The van der Waals surface area contributed by atoms with Crippen LogP contribution >= 0.6 is 23.1 Å². The number of hydrogen-bond acceptors (Lipinski definition) is 6. The normalized spacial score (nSPS) is 11.1. The summed E-state index contributed by atoms with van der Waals surface area (Å²) in [4.78, 5) is 25.6. The second kappa shape index (κ2) is 6.78. The Morgan fingerprint density at radius 2 is 1.80 bits per heavy atom. The molecule has 0 aliphatic carbocycles. The summed E-state index contributed by atoms with van der Waals surface area (Å²) < 4.78 is 1.05. The van der Waals surface area contributed by atoms with E-state index in [2.05, 4.69) is 20.3 Å². The number of amides is 1. The van der Waals surface area contributed by atoms with Gasteiger partial charge < -0.3 is 5.32 Å². The summed E-state index contributed by atoms with van der Waals surface area (Å²) in [7, 11) is 0. The summed E-state index contributed by atoms with van der Waals surface area (Å²) in [6.07, 6.45) is 0. The number of carbonyl (C=O) groups is 1. The molecule has 5 nitrogen and oxygen atoms in total. The first kappa shape index (κ1) is 16.0. The van der Waals surface area contributed by atoms with Crippen molar-refractivity contribution in [3.8, 4) is 0 Å². The quantitative estimate of drug-likeness (QED) is 0.431. The van der Waals surface area contributed by atoms with Gasteiger partial charge in [0.2, 0.25) is 5.91 Å². The molecular weight excluding hydrogens is 352 g/mol. The molecular formula is C18H14N4OS2. The highest BCUT2D eigenvalue weighted by Gasteiger charge is 2.10. The zero-order valence-corrected chi connectivity index (χ0v) is 15.0. The molecule has 0 aliphatic heterocycles. The Kier molecular flexibility index (Phi) is 4.33. The highest BCUT2D eigenvalue weighted by atomic mass is 32.2. The van der Waals surface area contributed by atoms with E-state index in [0.29, 0.717) is 10.3 Å². The van der Waals surface area contributed by atoms with Crippen LogP contribution in [0.3, 0.4) is 0 Å². The highest BCUT2D eigenvalue weighted by molar-refractivity contribution is 7.99. The smallest absolute Gasteiger partial charge is 0.236 e. The number of nitrogens with one attached hydrogen (secondary N) is 1. The second-order valence-corrected chi connectivity index (χ2v) is 7.41.